The highest BCUT2D eigenvalue weighted by atomic mass is 35.5. The molecule has 7 heteroatoms. The van der Waals surface area contributed by atoms with Crippen molar-refractivity contribution in [2.24, 2.45) is 0 Å². The number of amides is 2. The normalized spacial score (nSPS) is 11.7. The number of rotatable bonds is 8. The summed E-state index contributed by atoms with van der Waals surface area (Å²) in [6.07, 6.45) is 5.58. The van der Waals surface area contributed by atoms with Crippen molar-refractivity contribution in [1.82, 2.24) is 20.2 Å². The smallest absolute Gasteiger partial charge is 0.222 e. The molecule has 1 unspecified atom stereocenters. The van der Waals surface area contributed by atoms with Crippen LogP contribution in [0.15, 0.2) is 67.3 Å². The molecule has 0 aliphatic rings. The molecule has 6 nitrogen and oxygen atoms in total. The monoisotopic (exact) mass is 410 g/mol. The zero-order valence-corrected chi connectivity index (χ0v) is 16.9. The van der Waals surface area contributed by atoms with E-state index in [0.29, 0.717) is 11.6 Å². The lowest BCUT2D eigenvalue weighted by Crippen LogP contribution is -2.32. The largest absolute Gasteiger partial charge is 0.352 e. The lowest BCUT2D eigenvalue weighted by molar-refractivity contribution is -0.122. The molecule has 0 aliphatic carbocycles. The molecule has 2 aromatic carbocycles. The average Bonchev–Trinajstić information content (AvgIpc) is 3.19. The molecule has 150 valence electrons. The molecule has 0 fully saturated rings. The molecule has 1 heterocycles. The third kappa shape index (κ3) is 6.47. The molecule has 29 heavy (non-hydrogen) atoms. The third-order valence-electron chi connectivity index (χ3n) is 4.44. The molecular weight excluding hydrogens is 388 g/mol. The van der Waals surface area contributed by atoms with Crippen LogP contribution in [-0.4, -0.2) is 21.4 Å². The summed E-state index contributed by atoms with van der Waals surface area (Å²) in [4.78, 5) is 28.1. The van der Waals surface area contributed by atoms with Crippen molar-refractivity contribution >= 4 is 23.4 Å². The Hall–Kier alpha value is -3.12. The van der Waals surface area contributed by atoms with Crippen molar-refractivity contribution in [3.63, 3.8) is 0 Å². The summed E-state index contributed by atoms with van der Waals surface area (Å²) in [6.45, 7) is 2.58. The summed E-state index contributed by atoms with van der Waals surface area (Å²) in [6, 6.07) is 14.8. The molecule has 1 aromatic heterocycles. The van der Waals surface area contributed by atoms with E-state index >= 15 is 0 Å². The van der Waals surface area contributed by atoms with Gasteiger partial charge in [0.15, 0.2) is 0 Å². The number of hydrogen-bond donors (Lipinski definition) is 2. The first kappa shape index (κ1) is 20.6. The van der Waals surface area contributed by atoms with E-state index in [2.05, 4.69) is 21.7 Å². The number of carbonyl (C=O) groups is 2. The fraction of sp³-hybridized carbons (Fsp3) is 0.227. The number of hydrogen-bond acceptors (Lipinski definition) is 3. The lowest BCUT2D eigenvalue weighted by Gasteiger charge is -2.18. The molecule has 0 radical (unpaired) electrons. The van der Waals surface area contributed by atoms with E-state index in [0.717, 1.165) is 23.2 Å². The van der Waals surface area contributed by atoms with E-state index in [1.165, 1.54) is 6.92 Å². The van der Waals surface area contributed by atoms with Crippen molar-refractivity contribution in [2.75, 3.05) is 0 Å². The van der Waals surface area contributed by atoms with E-state index in [4.69, 9.17) is 11.6 Å². The lowest BCUT2D eigenvalue weighted by atomic mass is 10.0. The van der Waals surface area contributed by atoms with Crippen molar-refractivity contribution in [1.29, 1.82) is 0 Å². The summed E-state index contributed by atoms with van der Waals surface area (Å²) >= 11 is 5.93. The highest BCUT2D eigenvalue weighted by Gasteiger charge is 2.17. The van der Waals surface area contributed by atoms with Crippen LogP contribution in [0.25, 0.3) is 0 Å². The zero-order chi connectivity index (χ0) is 20.6. The van der Waals surface area contributed by atoms with Crippen LogP contribution in [0.5, 0.6) is 0 Å². The van der Waals surface area contributed by atoms with Gasteiger partial charge < -0.3 is 15.2 Å². The minimum absolute atomic E-state index is 0.140. The summed E-state index contributed by atoms with van der Waals surface area (Å²) in [7, 11) is 0. The van der Waals surface area contributed by atoms with E-state index in [1.807, 2.05) is 41.1 Å². The first-order valence-corrected chi connectivity index (χ1v) is 9.70. The maximum atomic E-state index is 12.5. The van der Waals surface area contributed by atoms with Gasteiger partial charge in [-0.2, -0.15) is 0 Å². The van der Waals surface area contributed by atoms with Crippen LogP contribution in [0.2, 0.25) is 5.02 Å². The molecule has 0 saturated heterocycles. The Bertz CT molecular complexity index is 955. The summed E-state index contributed by atoms with van der Waals surface area (Å²) in [5.74, 6) is -0.330. The molecular formula is C22H23ClN4O2. The van der Waals surface area contributed by atoms with Crippen LogP contribution in [-0.2, 0) is 22.7 Å². The van der Waals surface area contributed by atoms with Crippen LogP contribution in [0.1, 0.15) is 36.1 Å². The van der Waals surface area contributed by atoms with Gasteiger partial charge in [0.05, 0.1) is 18.8 Å². The SMILES string of the molecule is CC(=O)NC(CC(=O)NCc1cccc(Cn2ccnc2)c1)c1ccc(Cl)cc1. The molecule has 0 spiro atoms. The number of nitrogens with zero attached hydrogens (tertiary/aromatic N) is 2. The molecule has 3 rings (SSSR count). The fourth-order valence-electron chi connectivity index (χ4n) is 3.08. The number of aromatic nitrogens is 2. The van der Waals surface area contributed by atoms with Crippen LogP contribution in [0.3, 0.4) is 0 Å². The quantitative estimate of drug-likeness (QED) is 0.597. The highest BCUT2D eigenvalue weighted by molar-refractivity contribution is 6.30. The Morgan fingerprint density at radius 1 is 1.14 bits per heavy atom. The van der Waals surface area contributed by atoms with Gasteiger partial charge in [0, 0.05) is 37.4 Å². The summed E-state index contributed by atoms with van der Waals surface area (Å²) < 4.78 is 1.99. The highest BCUT2D eigenvalue weighted by Crippen LogP contribution is 2.19. The van der Waals surface area contributed by atoms with Gasteiger partial charge in [-0.1, -0.05) is 48.0 Å². The van der Waals surface area contributed by atoms with Crippen molar-refractivity contribution in [3.05, 3.63) is 89.0 Å². The van der Waals surface area contributed by atoms with Crippen LogP contribution >= 0.6 is 11.6 Å². The van der Waals surface area contributed by atoms with Gasteiger partial charge in [-0.15, -0.1) is 0 Å². The van der Waals surface area contributed by atoms with Gasteiger partial charge in [0.25, 0.3) is 0 Å². The second kappa shape index (κ2) is 9.89. The Labute approximate surface area is 174 Å². The Morgan fingerprint density at radius 3 is 2.59 bits per heavy atom. The van der Waals surface area contributed by atoms with Crippen molar-refractivity contribution in [3.8, 4) is 0 Å². The van der Waals surface area contributed by atoms with Gasteiger partial charge in [-0.25, -0.2) is 4.98 Å². The minimum Gasteiger partial charge on any atom is -0.352 e. The fourth-order valence-corrected chi connectivity index (χ4v) is 3.21. The molecule has 1 atom stereocenters. The number of imidazole rings is 1. The first-order chi connectivity index (χ1) is 14.0. The van der Waals surface area contributed by atoms with Crippen LogP contribution in [0.4, 0.5) is 0 Å². The Kier molecular flexibility index (Phi) is 7.03. The maximum Gasteiger partial charge on any atom is 0.222 e. The van der Waals surface area contributed by atoms with Crippen LogP contribution in [0, 0.1) is 0 Å². The second-order valence-corrected chi connectivity index (χ2v) is 7.28. The first-order valence-electron chi connectivity index (χ1n) is 9.32. The topological polar surface area (TPSA) is 76.0 Å². The second-order valence-electron chi connectivity index (χ2n) is 6.84. The molecule has 0 saturated carbocycles. The summed E-state index contributed by atoms with van der Waals surface area (Å²) in [5, 5.41) is 6.37. The van der Waals surface area contributed by atoms with Gasteiger partial charge in [0.2, 0.25) is 11.8 Å². The predicted octanol–water partition coefficient (Wildman–Crippen LogP) is 3.47. The molecule has 2 N–H and O–H groups in total. The molecule has 2 amide bonds. The van der Waals surface area contributed by atoms with E-state index < -0.39 is 6.04 Å². The van der Waals surface area contributed by atoms with Gasteiger partial charge in [-0.05, 0) is 28.8 Å². The average molecular weight is 411 g/mol. The number of carbonyl (C=O) groups excluding carboxylic acids is 2. The number of benzene rings is 2. The Balaban J connectivity index is 1.58. The molecule has 0 aliphatic heterocycles. The van der Waals surface area contributed by atoms with Crippen LogP contribution < -0.4 is 10.6 Å². The van der Waals surface area contributed by atoms with Crippen molar-refractivity contribution < 1.29 is 9.59 Å². The number of nitrogens with one attached hydrogen (secondary N) is 2. The zero-order valence-electron chi connectivity index (χ0n) is 16.1. The third-order valence-corrected chi connectivity index (χ3v) is 4.70. The van der Waals surface area contributed by atoms with Gasteiger partial charge >= 0.3 is 0 Å². The standard InChI is InChI=1S/C22H23ClN4O2/c1-16(28)26-21(19-5-7-20(23)8-6-19)12-22(29)25-13-17-3-2-4-18(11-17)14-27-10-9-24-15-27/h2-11,15,21H,12-14H2,1H3,(H,25,29)(H,26,28). The Morgan fingerprint density at radius 2 is 1.90 bits per heavy atom. The van der Waals surface area contributed by atoms with Crippen molar-refractivity contribution in [2.45, 2.75) is 32.5 Å². The minimum atomic E-state index is -0.405. The number of halogens is 1. The summed E-state index contributed by atoms with van der Waals surface area (Å²) in [5.41, 5.74) is 2.98. The maximum absolute atomic E-state index is 12.5. The molecule has 0 bridgehead atoms. The van der Waals surface area contributed by atoms with Gasteiger partial charge in [-0.3, -0.25) is 9.59 Å². The molecule has 3 aromatic rings. The predicted molar refractivity (Wildman–Crippen MR) is 112 cm³/mol. The van der Waals surface area contributed by atoms with Gasteiger partial charge in [0.1, 0.15) is 0 Å². The van der Waals surface area contributed by atoms with E-state index in [-0.39, 0.29) is 18.2 Å². The van der Waals surface area contributed by atoms with E-state index in [9.17, 15) is 9.59 Å². The van der Waals surface area contributed by atoms with E-state index in [1.54, 1.807) is 24.7 Å².